The maximum Gasteiger partial charge on any atom is 0.317 e. The summed E-state index contributed by atoms with van der Waals surface area (Å²) in [6, 6.07) is 0. The quantitative estimate of drug-likeness (QED) is 0.325. The smallest absolute Gasteiger partial charge is 0.317 e. The number of esters is 2. The van der Waals surface area contributed by atoms with E-state index in [2.05, 4.69) is 0 Å². The molecule has 24 heavy (non-hydrogen) atoms. The van der Waals surface area contributed by atoms with E-state index in [9.17, 15) is 14.4 Å². The molecule has 1 aliphatic carbocycles. The predicted octanol–water partition coefficient (Wildman–Crippen LogP) is 3.83. The van der Waals surface area contributed by atoms with Crippen LogP contribution in [0.3, 0.4) is 0 Å². The fourth-order valence-electron chi connectivity index (χ4n) is 2.95. The predicted molar refractivity (Wildman–Crippen MR) is 91.4 cm³/mol. The molecule has 5 heteroatoms. The van der Waals surface area contributed by atoms with E-state index < -0.39 is 17.9 Å². The van der Waals surface area contributed by atoms with Crippen LogP contribution in [0, 0.1) is 11.8 Å². The summed E-state index contributed by atoms with van der Waals surface area (Å²) in [4.78, 5) is 37.0. The normalized spacial score (nSPS) is 16.4. The van der Waals surface area contributed by atoms with Gasteiger partial charge in [0.05, 0.1) is 19.6 Å². The highest BCUT2D eigenvalue weighted by Crippen LogP contribution is 2.28. The zero-order valence-electron chi connectivity index (χ0n) is 15.2. The molecular weight excluding hydrogens is 308 g/mol. The van der Waals surface area contributed by atoms with E-state index in [1.54, 1.807) is 0 Å². The lowest BCUT2D eigenvalue weighted by atomic mass is 9.80. The molecule has 0 heterocycles. The van der Waals surface area contributed by atoms with Crippen molar-refractivity contribution < 1.29 is 23.9 Å². The van der Waals surface area contributed by atoms with Crippen molar-refractivity contribution in [3.8, 4) is 0 Å². The van der Waals surface area contributed by atoms with Gasteiger partial charge in [0.1, 0.15) is 5.92 Å². The largest absolute Gasteiger partial charge is 0.466 e. The Labute approximate surface area is 145 Å². The molecule has 1 saturated carbocycles. The van der Waals surface area contributed by atoms with Crippen molar-refractivity contribution in [3.63, 3.8) is 0 Å². The third-order valence-electron chi connectivity index (χ3n) is 4.51. The van der Waals surface area contributed by atoms with E-state index in [-0.39, 0.29) is 18.1 Å². The Bertz CT molecular complexity index is 399. The summed E-state index contributed by atoms with van der Waals surface area (Å²) in [5.41, 5.74) is 0. The summed E-state index contributed by atoms with van der Waals surface area (Å²) in [5.74, 6) is -2.30. The van der Waals surface area contributed by atoms with Gasteiger partial charge in [-0.25, -0.2) is 0 Å². The topological polar surface area (TPSA) is 69.7 Å². The highest BCUT2D eigenvalue weighted by Gasteiger charge is 2.36. The molecule has 0 amide bonds. The molecule has 1 rings (SSSR count). The summed E-state index contributed by atoms with van der Waals surface area (Å²) in [7, 11) is 0. The molecule has 0 aromatic heterocycles. The number of rotatable bonds is 11. The Morgan fingerprint density at radius 3 is 2.08 bits per heavy atom. The van der Waals surface area contributed by atoms with E-state index in [0.717, 1.165) is 57.8 Å². The monoisotopic (exact) mass is 340 g/mol. The molecule has 0 aromatic carbocycles. The third kappa shape index (κ3) is 7.45. The van der Waals surface area contributed by atoms with Crippen LogP contribution < -0.4 is 0 Å². The van der Waals surface area contributed by atoms with E-state index in [0.29, 0.717) is 13.2 Å². The van der Waals surface area contributed by atoms with Gasteiger partial charge in [-0.1, -0.05) is 46.0 Å². The van der Waals surface area contributed by atoms with E-state index >= 15 is 0 Å². The first-order chi connectivity index (χ1) is 11.6. The molecular formula is C19H32O5. The fourth-order valence-corrected chi connectivity index (χ4v) is 2.95. The van der Waals surface area contributed by atoms with Crippen LogP contribution in [-0.2, 0) is 23.9 Å². The van der Waals surface area contributed by atoms with Gasteiger partial charge in [0, 0.05) is 5.92 Å². The lowest BCUT2D eigenvalue weighted by Gasteiger charge is -2.24. The first-order valence-corrected chi connectivity index (χ1v) is 9.46. The van der Waals surface area contributed by atoms with Gasteiger partial charge in [-0.3, -0.25) is 14.4 Å². The van der Waals surface area contributed by atoms with Crippen molar-refractivity contribution in [3.05, 3.63) is 0 Å². The Kier molecular flexibility index (Phi) is 10.4. The van der Waals surface area contributed by atoms with Gasteiger partial charge in [-0.2, -0.15) is 0 Å². The first-order valence-electron chi connectivity index (χ1n) is 9.46. The van der Waals surface area contributed by atoms with Crippen molar-refractivity contribution in [2.24, 2.45) is 11.8 Å². The zero-order chi connectivity index (χ0) is 17.8. The van der Waals surface area contributed by atoms with Crippen LogP contribution in [0.15, 0.2) is 0 Å². The maximum absolute atomic E-state index is 12.7. The molecule has 0 aromatic rings. The summed E-state index contributed by atoms with van der Waals surface area (Å²) in [5, 5.41) is 0. The van der Waals surface area contributed by atoms with Crippen molar-refractivity contribution in [1.82, 2.24) is 0 Å². The minimum absolute atomic E-state index is 0.120. The molecule has 1 atom stereocenters. The molecule has 138 valence electrons. The van der Waals surface area contributed by atoms with E-state index in [1.165, 1.54) is 0 Å². The van der Waals surface area contributed by atoms with Gasteiger partial charge in [0.2, 0.25) is 0 Å². The highest BCUT2D eigenvalue weighted by molar-refractivity contribution is 6.02. The minimum Gasteiger partial charge on any atom is -0.466 e. The van der Waals surface area contributed by atoms with Crippen LogP contribution in [0.25, 0.3) is 0 Å². The van der Waals surface area contributed by atoms with Crippen LogP contribution in [0.2, 0.25) is 0 Å². The minimum atomic E-state index is -1.00. The van der Waals surface area contributed by atoms with Crippen molar-refractivity contribution >= 4 is 17.7 Å². The summed E-state index contributed by atoms with van der Waals surface area (Å²) in [6.07, 6.45) is 7.96. The van der Waals surface area contributed by atoms with Gasteiger partial charge >= 0.3 is 11.9 Å². The van der Waals surface area contributed by atoms with Crippen molar-refractivity contribution in [1.29, 1.82) is 0 Å². The Morgan fingerprint density at radius 1 is 0.917 bits per heavy atom. The average molecular weight is 340 g/mol. The SMILES string of the molecule is CCCCOC(=O)CC(C(=O)OCCCC)C(=O)C1CCCCC1. The van der Waals surface area contributed by atoms with E-state index in [4.69, 9.17) is 9.47 Å². The Morgan fingerprint density at radius 2 is 1.50 bits per heavy atom. The molecule has 1 fully saturated rings. The van der Waals surface area contributed by atoms with Crippen LogP contribution >= 0.6 is 0 Å². The standard InChI is InChI=1S/C19H32O5/c1-3-5-12-23-17(20)14-16(19(22)24-13-6-4-2)18(21)15-10-8-7-9-11-15/h15-16H,3-14H2,1-2H3. The number of hydrogen-bond acceptors (Lipinski definition) is 5. The molecule has 0 N–H and O–H groups in total. The number of carbonyl (C=O) groups is 3. The molecule has 1 unspecified atom stereocenters. The number of Topliss-reactive ketones (excluding diaryl/α,β-unsaturated/α-hetero) is 1. The molecule has 5 nitrogen and oxygen atoms in total. The van der Waals surface area contributed by atoms with Crippen LogP contribution in [0.1, 0.15) is 78.1 Å². The molecule has 0 saturated heterocycles. The number of ketones is 1. The Balaban J connectivity index is 2.64. The second-order valence-corrected chi connectivity index (χ2v) is 6.59. The number of carbonyl (C=O) groups excluding carboxylic acids is 3. The van der Waals surface area contributed by atoms with Gasteiger partial charge in [-0.05, 0) is 25.7 Å². The van der Waals surface area contributed by atoms with E-state index in [1.807, 2.05) is 13.8 Å². The third-order valence-corrected chi connectivity index (χ3v) is 4.51. The lowest BCUT2D eigenvalue weighted by Crippen LogP contribution is -2.34. The van der Waals surface area contributed by atoms with Crippen molar-refractivity contribution in [2.45, 2.75) is 78.1 Å². The average Bonchev–Trinajstić information content (AvgIpc) is 2.60. The van der Waals surface area contributed by atoms with Crippen LogP contribution in [0.4, 0.5) is 0 Å². The summed E-state index contributed by atoms with van der Waals surface area (Å²) in [6.45, 7) is 4.65. The second kappa shape index (κ2) is 12.0. The molecule has 0 aliphatic heterocycles. The first kappa shape index (κ1) is 20.7. The highest BCUT2D eigenvalue weighted by atomic mass is 16.5. The summed E-state index contributed by atoms with van der Waals surface area (Å²) < 4.78 is 10.3. The van der Waals surface area contributed by atoms with Gasteiger partial charge < -0.3 is 9.47 Å². The number of hydrogen-bond donors (Lipinski definition) is 0. The number of unbranched alkanes of at least 4 members (excludes halogenated alkanes) is 2. The molecule has 0 bridgehead atoms. The molecule has 1 aliphatic rings. The fraction of sp³-hybridized carbons (Fsp3) is 0.842. The molecule has 0 radical (unpaired) electrons. The molecule has 0 spiro atoms. The summed E-state index contributed by atoms with van der Waals surface area (Å²) >= 11 is 0. The number of ether oxygens (including phenoxy) is 2. The van der Waals surface area contributed by atoms with Gasteiger partial charge in [0.15, 0.2) is 5.78 Å². The van der Waals surface area contributed by atoms with Crippen LogP contribution in [-0.4, -0.2) is 30.9 Å². The Hall–Kier alpha value is -1.39. The van der Waals surface area contributed by atoms with Crippen LogP contribution in [0.5, 0.6) is 0 Å². The van der Waals surface area contributed by atoms with Crippen molar-refractivity contribution in [2.75, 3.05) is 13.2 Å². The van der Waals surface area contributed by atoms with Gasteiger partial charge in [-0.15, -0.1) is 0 Å². The lowest BCUT2D eigenvalue weighted by molar-refractivity contribution is -0.159. The van der Waals surface area contributed by atoms with Gasteiger partial charge in [0.25, 0.3) is 0 Å². The second-order valence-electron chi connectivity index (χ2n) is 6.59. The zero-order valence-corrected chi connectivity index (χ0v) is 15.2. The maximum atomic E-state index is 12.7.